The van der Waals surface area contributed by atoms with Gasteiger partial charge in [-0.3, -0.25) is 9.59 Å². The lowest BCUT2D eigenvalue weighted by Gasteiger charge is -2.23. The Morgan fingerprint density at radius 2 is 1.50 bits per heavy atom. The molecule has 0 bridgehead atoms. The Labute approximate surface area is 183 Å². The molecule has 0 saturated carbocycles. The smallest absolute Gasteiger partial charge is 0.305 e. The van der Waals surface area contributed by atoms with E-state index in [4.69, 9.17) is 9.47 Å². The predicted molar refractivity (Wildman–Crippen MR) is 120 cm³/mol. The summed E-state index contributed by atoms with van der Waals surface area (Å²) in [5.74, 6) is -0.369. The molecule has 0 aliphatic heterocycles. The van der Waals surface area contributed by atoms with E-state index in [0.29, 0.717) is 39.0 Å². The van der Waals surface area contributed by atoms with Crippen LogP contribution in [-0.2, 0) is 29.1 Å². The van der Waals surface area contributed by atoms with Gasteiger partial charge >= 0.3 is 11.9 Å². The molecule has 0 N–H and O–H groups in total. The predicted octanol–water partition coefficient (Wildman–Crippen LogP) is 4.44. The number of sulfonamides is 1. The lowest BCUT2D eigenvalue weighted by atomic mass is 10.1. The van der Waals surface area contributed by atoms with Crippen LogP contribution in [0.1, 0.15) is 98.3 Å². The van der Waals surface area contributed by atoms with Crippen LogP contribution in [0.15, 0.2) is 0 Å². The molecule has 7 nitrogen and oxygen atoms in total. The largest absolute Gasteiger partial charge is 0.466 e. The molecule has 0 heterocycles. The zero-order valence-corrected chi connectivity index (χ0v) is 20.3. The molecule has 0 aliphatic rings. The van der Waals surface area contributed by atoms with Crippen molar-refractivity contribution in [3.8, 4) is 0 Å². The summed E-state index contributed by atoms with van der Waals surface area (Å²) in [7, 11) is -3.26. The molecule has 8 heteroatoms. The Morgan fingerprint density at radius 3 is 2.10 bits per heavy atom. The Morgan fingerprint density at radius 1 is 0.867 bits per heavy atom. The number of esters is 2. The monoisotopic (exact) mass is 449 g/mol. The van der Waals surface area contributed by atoms with Crippen molar-refractivity contribution in [2.45, 2.75) is 104 Å². The van der Waals surface area contributed by atoms with Crippen molar-refractivity contribution in [2.75, 3.05) is 25.4 Å². The molecule has 30 heavy (non-hydrogen) atoms. The number of unbranched alkanes of at least 4 members (excludes halogenated alkanes) is 5. The summed E-state index contributed by atoms with van der Waals surface area (Å²) in [4.78, 5) is 22.7. The number of hydrogen-bond donors (Lipinski definition) is 0. The van der Waals surface area contributed by atoms with Crippen molar-refractivity contribution in [1.82, 2.24) is 4.31 Å². The maximum Gasteiger partial charge on any atom is 0.305 e. The van der Waals surface area contributed by atoms with Crippen LogP contribution in [0.25, 0.3) is 0 Å². The van der Waals surface area contributed by atoms with Gasteiger partial charge in [-0.05, 0) is 52.4 Å². The Kier molecular flexibility index (Phi) is 16.9. The summed E-state index contributed by atoms with van der Waals surface area (Å²) in [6.45, 7) is 8.34. The third-order valence-corrected chi connectivity index (χ3v) is 6.88. The zero-order chi connectivity index (χ0) is 22.8. The van der Waals surface area contributed by atoms with Gasteiger partial charge in [0, 0.05) is 26.4 Å². The van der Waals surface area contributed by atoms with Crippen LogP contribution in [-0.4, -0.2) is 56.2 Å². The van der Waals surface area contributed by atoms with Crippen LogP contribution in [0.2, 0.25) is 0 Å². The maximum absolute atomic E-state index is 12.4. The van der Waals surface area contributed by atoms with E-state index >= 15 is 0 Å². The van der Waals surface area contributed by atoms with Gasteiger partial charge in [0.05, 0.1) is 12.4 Å². The van der Waals surface area contributed by atoms with Gasteiger partial charge in [-0.25, -0.2) is 12.7 Å². The molecular formula is C22H43NO6S. The van der Waals surface area contributed by atoms with Gasteiger partial charge in [0.15, 0.2) is 0 Å². The molecule has 178 valence electrons. The highest BCUT2D eigenvalue weighted by molar-refractivity contribution is 7.89. The fourth-order valence-electron chi connectivity index (χ4n) is 3.33. The minimum atomic E-state index is -3.26. The maximum atomic E-state index is 12.4. The summed E-state index contributed by atoms with van der Waals surface area (Å²) in [5, 5.41) is 0. The summed E-state index contributed by atoms with van der Waals surface area (Å²) in [6, 6.07) is 0. The van der Waals surface area contributed by atoms with Crippen LogP contribution >= 0.6 is 0 Å². The van der Waals surface area contributed by atoms with E-state index in [-0.39, 0.29) is 23.8 Å². The molecule has 0 radical (unpaired) electrons. The summed E-state index contributed by atoms with van der Waals surface area (Å²) in [5.41, 5.74) is 0. The lowest BCUT2D eigenvalue weighted by molar-refractivity contribution is -0.147. The van der Waals surface area contributed by atoms with Crippen molar-refractivity contribution in [1.29, 1.82) is 0 Å². The minimum absolute atomic E-state index is 0.0831. The van der Waals surface area contributed by atoms with Crippen LogP contribution in [0.5, 0.6) is 0 Å². The van der Waals surface area contributed by atoms with E-state index in [1.807, 2.05) is 0 Å². The van der Waals surface area contributed by atoms with E-state index in [9.17, 15) is 18.0 Å². The first-order chi connectivity index (χ1) is 14.3. The second-order valence-electron chi connectivity index (χ2n) is 7.64. The first kappa shape index (κ1) is 28.9. The van der Waals surface area contributed by atoms with Gasteiger partial charge in [-0.2, -0.15) is 0 Å². The van der Waals surface area contributed by atoms with Crippen molar-refractivity contribution in [3.63, 3.8) is 0 Å². The van der Waals surface area contributed by atoms with Crippen LogP contribution < -0.4 is 0 Å². The van der Waals surface area contributed by atoms with Gasteiger partial charge in [0.2, 0.25) is 10.0 Å². The fraction of sp³-hybridized carbons (Fsp3) is 0.909. The second kappa shape index (κ2) is 17.5. The standard InChI is InChI=1S/C22H43NO6S/c1-5-8-11-15-21(29-20(4)24)16-14-19-23(30(26,27)7-3)18-13-10-9-12-17-22(25)28-6-2/h21H,5-19H2,1-4H3. The Balaban J connectivity index is 4.41. The molecule has 1 unspecified atom stereocenters. The number of rotatable bonds is 19. The average molecular weight is 450 g/mol. The Bertz CT molecular complexity index is 564. The lowest BCUT2D eigenvalue weighted by Crippen LogP contribution is -2.34. The number of ether oxygens (including phenoxy) is 2. The van der Waals surface area contributed by atoms with Crippen molar-refractivity contribution < 1.29 is 27.5 Å². The van der Waals surface area contributed by atoms with Crippen molar-refractivity contribution >= 4 is 22.0 Å². The molecule has 0 spiro atoms. The Hall–Kier alpha value is -1.15. The normalized spacial score (nSPS) is 12.7. The summed E-state index contributed by atoms with van der Waals surface area (Å²) < 4.78 is 36.7. The second-order valence-corrected chi connectivity index (χ2v) is 9.90. The number of nitrogens with zero attached hydrogens (tertiary/aromatic N) is 1. The SMILES string of the molecule is CCCCCC(CCCN(CCCCCCC(=O)OCC)S(=O)(=O)CC)OC(C)=O. The van der Waals surface area contributed by atoms with E-state index in [2.05, 4.69) is 6.92 Å². The molecule has 0 fully saturated rings. The molecule has 1 atom stereocenters. The number of carbonyl (C=O) groups is 2. The zero-order valence-electron chi connectivity index (χ0n) is 19.5. The minimum Gasteiger partial charge on any atom is -0.466 e. The third-order valence-electron chi connectivity index (χ3n) is 5.00. The van der Waals surface area contributed by atoms with Gasteiger partial charge in [-0.1, -0.05) is 32.6 Å². The molecule has 0 amide bonds. The van der Waals surface area contributed by atoms with E-state index in [0.717, 1.165) is 51.4 Å². The first-order valence-corrected chi connectivity index (χ1v) is 13.2. The first-order valence-electron chi connectivity index (χ1n) is 11.6. The van der Waals surface area contributed by atoms with E-state index in [1.54, 1.807) is 18.2 Å². The highest BCUT2D eigenvalue weighted by atomic mass is 32.2. The molecule has 0 aromatic heterocycles. The van der Waals surface area contributed by atoms with Crippen LogP contribution in [0.3, 0.4) is 0 Å². The molecule has 0 aromatic carbocycles. The highest BCUT2D eigenvalue weighted by Crippen LogP contribution is 2.15. The quantitative estimate of drug-likeness (QED) is 0.214. The van der Waals surface area contributed by atoms with Gasteiger partial charge < -0.3 is 9.47 Å². The van der Waals surface area contributed by atoms with Crippen LogP contribution in [0, 0.1) is 0 Å². The van der Waals surface area contributed by atoms with Crippen LogP contribution in [0.4, 0.5) is 0 Å². The molecule has 0 aliphatic carbocycles. The molecule has 0 saturated heterocycles. The fourth-order valence-corrected chi connectivity index (χ4v) is 4.51. The van der Waals surface area contributed by atoms with Gasteiger partial charge in [-0.15, -0.1) is 0 Å². The molecule has 0 rings (SSSR count). The van der Waals surface area contributed by atoms with Crippen molar-refractivity contribution in [2.24, 2.45) is 0 Å². The average Bonchev–Trinajstić information content (AvgIpc) is 2.68. The van der Waals surface area contributed by atoms with E-state index in [1.165, 1.54) is 6.92 Å². The third kappa shape index (κ3) is 14.8. The highest BCUT2D eigenvalue weighted by Gasteiger charge is 2.20. The van der Waals surface area contributed by atoms with E-state index < -0.39 is 10.0 Å². The number of carbonyl (C=O) groups excluding carboxylic acids is 2. The molecular weight excluding hydrogens is 406 g/mol. The topological polar surface area (TPSA) is 90.0 Å². The van der Waals surface area contributed by atoms with Crippen molar-refractivity contribution in [3.05, 3.63) is 0 Å². The van der Waals surface area contributed by atoms with Gasteiger partial charge in [0.1, 0.15) is 6.10 Å². The van der Waals surface area contributed by atoms with Gasteiger partial charge in [0.25, 0.3) is 0 Å². The summed E-state index contributed by atoms with van der Waals surface area (Å²) in [6.07, 6.45) is 8.97. The molecule has 0 aromatic rings. The number of hydrogen-bond acceptors (Lipinski definition) is 6. The summed E-state index contributed by atoms with van der Waals surface area (Å²) >= 11 is 0.